The van der Waals surface area contributed by atoms with E-state index >= 15 is 0 Å². The van der Waals surface area contributed by atoms with Crippen LogP contribution in [0, 0.1) is 11.7 Å². The van der Waals surface area contributed by atoms with Crippen LogP contribution in [0.15, 0.2) is 24.3 Å². The van der Waals surface area contributed by atoms with Crippen LogP contribution in [-0.2, 0) is 11.3 Å². The summed E-state index contributed by atoms with van der Waals surface area (Å²) in [6.07, 6.45) is 0.459. The third-order valence-electron chi connectivity index (χ3n) is 4.83. The van der Waals surface area contributed by atoms with Gasteiger partial charge in [0.25, 0.3) is 0 Å². The van der Waals surface area contributed by atoms with Crippen molar-refractivity contribution in [2.45, 2.75) is 13.0 Å². The van der Waals surface area contributed by atoms with E-state index in [1.54, 1.807) is 29.0 Å². The van der Waals surface area contributed by atoms with Crippen LogP contribution in [0.3, 0.4) is 0 Å². The molecule has 3 rings (SSSR count). The second-order valence-corrected chi connectivity index (χ2v) is 6.87. The van der Waals surface area contributed by atoms with E-state index in [9.17, 15) is 14.0 Å². The molecule has 0 bridgehead atoms. The number of piperazine rings is 1. The molecule has 2 saturated heterocycles. The van der Waals surface area contributed by atoms with Crippen LogP contribution in [0.1, 0.15) is 12.0 Å². The van der Waals surface area contributed by atoms with E-state index in [1.807, 2.05) is 4.90 Å². The molecule has 0 spiro atoms. The highest BCUT2D eigenvalue weighted by molar-refractivity contribution is 5.79. The molecular formula is C18H25FN4O2. The van der Waals surface area contributed by atoms with Crippen molar-refractivity contribution in [3.8, 4) is 0 Å². The summed E-state index contributed by atoms with van der Waals surface area (Å²) in [6, 6.07) is 6.26. The Kier molecular flexibility index (Phi) is 5.53. The van der Waals surface area contributed by atoms with Crippen molar-refractivity contribution in [2.24, 2.45) is 5.92 Å². The van der Waals surface area contributed by atoms with Crippen molar-refractivity contribution in [1.82, 2.24) is 20.0 Å². The van der Waals surface area contributed by atoms with Crippen LogP contribution in [0.5, 0.6) is 0 Å². The quantitative estimate of drug-likeness (QED) is 0.888. The molecule has 2 heterocycles. The molecule has 2 aliphatic heterocycles. The Labute approximate surface area is 147 Å². The Hall–Kier alpha value is -2.15. The average Bonchev–Trinajstić information content (AvgIpc) is 2.96. The first-order valence-electron chi connectivity index (χ1n) is 8.76. The fourth-order valence-electron chi connectivity index (χ4n) is 3.50. The van der Waals surface area contributed by atoms with E-state index in [2.05, 4.69) is 5.32 Å². The Morgan fingerprint density at radius 1 is 1.28 bits per heavy atom. The van der Waals surface area contributed by atoms with Crippen molar-refractivity contribution in [2.75, 3.05) is 46.3 Å². The first kappa shape index (κ1) is 17.7. The Morgan fingerprint density at radius 3 is 2.64 bits per heavy atom. The molecule has 0 aromatic heterocycles. The van der Waals surface area contributed by atoms with Crippen molar-refractivity contribution in [3.63, 3.8) is 0 Å². The zero-order chi connectivity index (χ0) is 17.8. The highest BCUT2D eigenvalue weighted by Gasteiger charge is 2.32. The zero-order valence-electron chi connectivity index (χ0n) is 14.6. The largest absolute Gasteiger partial charge is 0.338 e. The molecule has 0 saturated carbocycles. The number of amides is 3. The third-order valence-corrected chi connectivity index (χ3v) is 4.83. The standard InChI is InChI=1S/C18H25FN4O2/c1-21(18(25)22-8-6-20-7-9-22)11-15-10-17(24)23(13-15)12-14-2-4-16(19)5-3-14/h2-5,15,20H,6-13H2,1H3. The fraction of sp³-hybridized carbons (Fsp3) is 0.556. The van der Waals surface area contributed by atoms with Gasteiger partial charge in [0, 0.05) is 65.2 Å². The van der Waals surface area contributed by atoms with Crippen molar-refractivity contribution < 1.29 is 14.0 Å². The molecule has 1 N–H and O–H groups in total. The minimum absolute atomic E-state index is 0.0333. The Balaban J connectivity index is 1.51. The normalized spacial score (nSPS) is 20.9. The summed E-state index contributed by atoms with van der Waals surface area (Å²) in [6.45, 7) is 4.81. The first-order valence-corrected chi connectivity index (χ1v) is 8.76. The van der Waals surface area contributed by atoms with E-state index in [1.165, 1.54) is 12.1 Å². The van der Waals surface area contributed by atoms with Gasteiger partial charge in [-0.25, -0.2) is 9.18 Å². The van der Waals surface area contributed by atoms with Gasteiger partial charge in [-0.15, -0.1) is 0 Å². The lowest BCUT2D eigenvalue weighted by atomic mass is 10.1. The maximum atomic E-state index is 13.0. The van der Waals surface area contributed by atoms with E-state index in [4.69, 9.17) is 0 Å². The highest BCUT2D eigenvalue weighted by Crippen LogP contribution is 2.21. The monoisotopic (exact) mass is 348 g/mol. The number of likely N-dealkylation sites (tertiary alicyclic amines) is 1. The minimum Gasteiger partial charge on any atom is -0.338 e. The topological polar surface area (TPSA) is 55.9 Å². The summed E-state index contributed by atoms with van der Waals surface area (Å²) in [7, 11) is 1.80. The molecule has 2 fully saturated rings. The molecular weight excluding hydrogens is 323 g/mol. The third kappa shape index (κ3) is 4.48. The molecule has 0 radical (unpaired) electrons. The van der Waals surface area contributed by atoms with E-state index in [0.29, 0.717) is 26.1 Å². The van der Waals surface area contributed by atoms with Gasteiger partial charge in [-0.05, 0) is 17.7 Å². The highest BCUT2D eigenvalue weighted by atomic mass is 19.1. The van der Waals surface area contributed by atoms with Gasteiger partial charge in [-0.3, -0.25) is 4.79 Å². The molecule has 2 aliphatic rings. The summed E-state index contributed by atoms with van der Waals surface area (Å²) in [5.74, 6) is -0.0374. The average molecular weight is 348 g/mol. The number of carbonyl (C=O) groups excluding carboxylic acids is 2. The molecule has 0 aliphatic carbocycles. The van der Waals surface area contributed by atoms with E-state index in [0.717, 1.165) is 31.7 Å². The van der Waals surface area contributed by atoms with E-state index in [-0.39, 0.29) is 23.7 Å². The van der Waals surface area contributed by atoms with Gasteiger partial charge in [-0.2, -0.15) is 0 Å². The predicted octanol–water partition coefficient (Wildman–Crippen LogP) is 1.13. The number of hydrogen-bond acceptors (Lipinski definition) is 3. The molecule has 25 heavy (non-hydrogen) atoms. The summed E-state index contributed by atoms with van der Waals surface area (Å²) < 4.78 is 13.0. The van der Waals surface area contributed by atoms with Crippen LogP contribution in [0.25, 0.3) is 0 Å². The van der Waals surface area contributed by atoms with Crippen molar-refractivity contribution >= 4 is 11.9 Å². The van der Waals surface area contributed by atoms with Gasteiger partial charge in [0.1, 0.15) is 5.82 Å². The number of halogens is 1. The molecule has 7 heteroatoms. The summed E-state index contributed by atoms with van der Waals surface area (Å²) >= 11 is 0. The molecule has 1 unspecified atom stereocenters. The van der Waals surface area contributed by atoms with E-state index < -0.39 is 0 Å². The zero-order valence-corrected chi connectivity index (χ0v) is 14.6. The Bertz CT molecular complexity index is 616. The SMILES string of the molecule is CN(CC1CC(=O)N(Cc2ccc(F)cc2)C1)C(=O)N1CCNCC1. The lowest BCUT2D eigenvalue weighted by Gasteiger charge is -2.32. The second-order valence-electron chi connectivity index (χ2n) is 6.87. The van der Waals surface area contributed by atoms with Crippen LogP contribution in [0.2, 0.25) is 0 Å². The predicted molar refractivity (Wildman–Crippen MR) is 92.4 cm³/mol. The number of rotatable bonds is 4. The molecule has 1 atom stereocenters. The van der Waals surface area contributed by atoms with Gasteiger partial charge in [0.2, 0.25) is 5.91 Å². The molecule has 136 valence electrons. The second kappa shape index (κ2) is 7.82. The summed E-state index contributed by atoms with van der Waals surface area (Å²) in [5.41, 5.74) is 0.917. The summed E-state index contributed by atoms with van der Waals surface area (Å²) in [4.78, 5) is 30.1. The van der Waals surface area contributed by atoms with Gasteiger partial charge < -0.3 is 20.0 Å². The van der Waals surface area contributed by atoms with Crippen molar-refractivity contribution in [1.29, 1.82) is 0 Å². The van der Waals surface area contributed by atoms with Crippen LogP contribution in [0.4, 0.5) is 9.18 Å². The number of nitrogens with zero attached hydrogens (tertiary/aromatic N) is 3. The maximum absolute atomic E-state index is 13.0. The van der Waals surface area contributed by atoms with Crippen LogP contribution in [-0.4, -0.2) is 73.0 Å². The number of urea groups is 1. The van der Waals surface area contributed by atoms with Crippen LogP contribution < -0.4 is 5.32 Å². The smallest absolute Gasteiger partial charge is 0.319 e. The lowest BCUT2D eigenvalue weighted by Crippen LogP contribution is -2.51. The van der Waals surface area contributed by atoms with Gasteiger partial charge in [-0.1, -0.05) is 12.1 Å². The number of nitrogens with one attached hydrogen (secondary N) is 1. The summed E-state index contributed by atoms with van der Waals surface area (Å²) in [5, 5.41) is 3.23. The van der Waals surface area contributed by atoms with Gasteiger partial charge in [0.05, 0.1) is 0 Å². The fourth-order valence-corrected chi connectivity index (χ4v) is 3.50. The molecule has 6 nitrogen and oxygen atoms in total. The molecule has 1 aromatic carbocycles. The van der Waals surface area contributed by atoms with Gasteiger partial charge in [0.15, 0.2) is 0 Å². The molecule has 1 aromatic rings. The number of benzene rings is 1. The Morgan fingerprint density at radius 2 is 1.96 bits per heavy atom. The number of hydrogen-bond donors (Lipinski definition) is 1. The maximum Gasteiger partial charge on any atom is 0.319 e. The van der Waals surface area contributed by atoms with Gasteiger partial charge >= 0.3 is 6.03 Å². The van der Waals surface area contributed by atoms with Crippen LogP contribution >= 0.6 is 0 Å². The lowest BCUT2D eigenvalue weighted by molar-refractivity contribution is -0.128. The first-order chi connectivity index (χ1) is 12.0. The number of carbonyl (C=O) groups is 2. The minimum atomic E-state index is -0.276. The molecule has 3 amide bonds. The van der Waals surface area contributed by atoms with Crippen molar-refractivity contribution in [3.05, 3.63) is 35.6 Å².